The molecule has 0 aliphatic carbocycles. The van der Waals surface area contributed by atoms with Crippen LogP contribution in [0.5, 0.6) is 5.75 Å². The van der Waals surface area contributed by atoms with Gasteiger partial charge in [0.2, 0.25) is 5.91 Å². The third-order valence-corrected chi connectivity index (χ3v) is 8.90. The maximum atomic E-state index is 13.8. The first-order valence-electron chi connectivity index (χ1n) is 13.6. The monoisotopic (exact) mass is 549 g/mol. The zero-order chi connectivity index (χ0) is 28.0. The molecule has 7 nitrogen and oxygen atoms in total. The number of benzene rings is 3. The van der Waals surface area contributed by atoms with Crippen molar-refractivity contribution in [1.82, 2.24) is 5.32 Å². The van der Waals surface area contributed by atoms with Gasteiger partial charge in [-0.15, -0.1) is 0 Å². The number of hydrogen-bond acceptors (Lipinski definition) is 5. The highest BCUT2D eigenvalue weighted by Crippen LogP contribution is 2.33. The highest BCUT2D eigenvalue weighted by Gasteiger charge is 2.30. The molecule has 0 spiro atoms. The van der Waals surface area contributed by atoms with E-state index in [1.54, 1.807) is 48.5 Å². The lowest BCUT2D eigenvalue weighted by Crippen LogP contribution is -2.41. The third kappa shape index (κ3) is 6.92. The lowest BCUT2D eigenvalue weighted by molar-refractivity contribution is -0.120. The summed E-state index contributed by atoms with van der Waals surface area (Å²) in [6, 6.07) is 21.5. The SMILES string of the molecule is CCOc1ccccc1N(CC(=O)NC(C)c1ccc(N2CCCC(C)C2)cc1)S(=O)(=O)c1ccc(C)cc1. The zero-order valence-corrected chi connectivity index (χ0v) is 24.1. The fraction of sp³-hybridized carbons (Fsp3) is 0.387. The summed E-state index contributed by atoms with van der Waals surface area (Å²) < 4.78 is 34.4. The number of piperidine rings is 1. The summed E-state index contributed by atoms with van der Waals surface area (Å²) in [5, 5.41) is 2.99. The van der Waals surface area contributed by atoms with Crippen LogP contribution in [0.4, 0.5) is 11.4 Å². The smallest absolute Gasteiger partial charge is 0.264 e. The molecule has 2 atom stereocenters. The summed E-state index contributed by atoms with van der Waals surface area (Å²) in [5.74, 6) is 0.682. The molecule has 1 aliphatic heterocycles. The first-order valence-corrected chi connectivity index (χ1v) is 15.1. The van der Waals surface area contributed by atoms with Crippen LogP contribution in [-0.4, -0.2) is 40.6 Å². The molecule has 3 aromatic rings. The Morgan fingerprint density at radius 3 is 2.44 bits per heavy atom. The van der Waals surface area contributed by atoms with Gasteiger partial charge in [-0.3, -0.25) is 9.10 Å². The summed E-state index contributed by atoms with van der Waals surface area (Å²) in [5.41, 5.74) is 3.41. The highest BCUT2D eigenvalue weighted by atomic mass is 32.2. The van der Waals surface area contributed by atoms with E-state index in [1.807, 2.05) is 32.9 Å². The number of nitrogens with zero attached hydrogens (tertiary/aromatic N) is 2. The lowest BCUT2D eigenvalue weighted by Gasteiger charge is -2.33. The average Bonchev–Trinajstić information content (AvgIpc) is 2.92. The molecule has 4 rings (SSSR count). The molecule has 1 aliphatic rings. The van der Waals surface area contributed by atoms with E-state index in [9.17, 15) is 13.2 Å². The number of aryl methyl sites for hydroxylation is 1. The van der Waals surface area contributed by atoms with Crippen LogP contribution in [0.25, 0.3) is 0 Å². The molecule has 0 aromatic heterocycles. The quantitative estimate of drug-likeness (QED) is 0.351. The van der Waals surface area contributed by atoms with Crippen LogP contribution in [0.3, 0.4) is 0 Å². The minimum atomic E-state index is -4.04. The van der Waals surface area contributed by atoms with E-state index in [4.69, 9.17) is 4.74 Å². The lowest BCUT2D eigenvalue weighted by atomic mass is 9.99. The molecule has 1 fully saturated rings. The number of sulfonamides is 1. The number of carbonyl (C=O) groups excluding carboxylic acids is 1. The summed E-state index contributed by atoms with van der Waals surface area (Å²) in [6.45, 7) is 10.0. The van der Waals surface area contributed by atoms with Gasteiger partial charge in [-0.05, 0) is 81.5 Å². The van der Waals surface area contributed by atoms with Crippen LogP contribution in [0.1, 0.15) is 50.8 Å². The Labute approximate surface area is 232 Å². The highest BCUT2D eigenvalue weighted by molar-refractivity contribution is 7.92. The van der Waals surface area contributed by atoms with Crippen molar-refractivity contribution in [2.75, 3.05) is 35.4 Å². The van der Waals surface area contributed by atoms with Gasteiger partial charge in [0.25, 0.3) is 10.0 Å². The number of amides is 1. The van der Waals surface area contributed by atoms with Crippen molar-refractivity contribution in [3.05, 3.63) is 83.9 Å². The van der Waals surface area contributed by atoms with Crippen LogP contribution in [0.2, 0.25) is 0 Å². The van der Waals surface area contributed by atoms with E-state index >= 15 is 0 Å². The number of anilines is 2. The second-order valence-electron chi connectivity index (χ2n) is 10.3. The van der Waals surface area contributed by atoms with Gasteiger partial charge in [-0.1, -0.05) is 48.9 Å². The first-order chi connectivity index (χ1) is 18.7. The first kappa shape index (κ1) is 28.5. The van der Waals surface area contributed by atoms with E-state index in [0.717, 1.165) is 28.5 Å². The number of ether oxygens (including phenoxy) is 1. The fourth-order valence-electron chi connectivity index (χ4n) is 4.98. The minimum absolute atomic E-state index is 0.114. The van der Waals surface area contributed by atoms with E-state index in [1.165, 1.54) is 18.5 Å². The van der Waals surface area contributed by atoms with Gasteiger partial charge in [0.05, 0.1) is 23.2 Å². The molecular formula is C31H39N3O4S. The molecule has 39 heavy (non-hydrogen) atoms. The number of para-hydroxylation sites is 2. The molecule has 1 amide bonds. The molecule has 8 heteroatoms. The maximum absolute atomic E-state index is 13.8. The van der Waals surface area contributed by atoms with Crippen molar-refractivity contribution in [3.8, 4) is 5.75 Å². The summed E-state index contributed by atoms with van der Waals surface area (Å²) in [4.78, 5) is 15.8. The van der Waals surface area contributed by atoms with Crippen molar-refractivity contribution in [3.63, 3.8) is 0 Å². The molecule has 0 radical (unpaired) electrons. The largest absolute Gasteiger partial charge is 0.492 e. The van der Waals surface area contributed by atoms with Crippen LogP contribution < -0.4 is 19.3 Å². The summed E-state index contributed by atoms with van der Waals surface area (Å²) in [7, 11) is -4.04. The van der Waals surface area contributed by atoms with E-state index < -0.39 is 15.9 Å². The van der Waals surface area contributed by atoms with Crippen LogP contribution in [-0.2, 0) is 14.8 Å². The topological polar surface area (TPSA) is 79.0 Å². The predicted molar refractivity (Wildman–Crippen MR) is 157 cm³/mol. The van der Waals surface area contributed by atoms with E-state index in [2.05, 4.69) is 29.3 Å². The van der Waals surface area contributed by atoms with Crippen LogP contribution in [0, 0.1) is 12.8 Å². The van der Waals surface area contributed by atoms with Gasteiger partial charge < -0.3 is 15.0 Å². The third-order valence-electron chi connectivity index (χ3n) is 7.12. The maximum Gasteiger partial charge on any atom is 0.264 e. The van der Waals surface area contributed by atoms with Gasteiger partial charge in [-0.2, -0.15) is 0 Å². The van der Waals surface area contributed by atoms with E-state index in [-0.39, 0.29) is 17.5 Å². The summed E-state index contributed by atoms with van der Waals surface area (Å²) >= 11 is 0. The van der Waals surface area contributed by atoms with Crippen molar-refractivity contribution in [2.24, 2.45) is 5.92 Å². The number of carbonyl (C=O) groups is 1. The molecular weight excluding hydrogens is 510 g/mol. The van der Waals surface area contributed by atoms with Gasteiger partial charge in [0, 0.05) is 18.8 Å². The van der Waals surface area contributed by atoms with Crippen molar-refractivity contribution < 1.29 is 17.9 Å². The average molecular weight is 550 g/mol. The van der Waals surface area contributed by atoms with Crippen molar-refractivity contribution in [1.29, 1.82) is 0 Å². The summed E-state index contributed by atoms with van der Waals surface area (Å²) in [6.07, 6.45) is 2.47. The standard InChI is InChI=1S/C31H39N3O4S/c1-5-38-30-11-7-6-10-29(30)34(39(36,37)28-18-12-23(2)13-19-28)22-31(35)32-25(4)26-14-16-27(17-15-26)33-20-8-9-24(3)21-33/h6-7,10-19,24-25H,5,8-9,20-22H2,1-4H3,(H,32,35). The van der Waals surface area contributed by atoms with Crippen molar-refractivity contribution >= 4 is 27.3 Å². The molecule has 1 heterocycles. The normalized spacial score (nSPS) is 16.4. The fourth-order valence-corrected chi connectivity index (χ4v) is 6.41. The van der Waals surface area contributed by atoms with Crippen LogP contribution >= 0.6 is 0 Å². The molecule has 3 aromatic carbocycles. The Morgan fingerprint density at radius 2 is 1.77 bits per heavy atom. The van der Waals surface area contributed by atoms with Gasteiger partial charge >= 0.3 is 0 Å². The predicted octanol–water partition coefficient (Wildman–Crippen LogP) is 5.70. The van der Waals surface area contributed by atoms with Crippen LogP contribution in [0.15, 0.2) is 77.7 Å². The zero-order valence-electron chi connectivity index (χ0n) is 23.3. The van der Waals surface area contributed by atoms with E-state index in [0.29, 0.717) is 24.0 Å². The Morgan fingerprint density at radius 1 is 1.08 bits per heavy atom. The molecule has 1 saturated heterocycles. The Balaban J connectivity index is 1.54. The van der Waals surface area contributed by atoms with Crippen molar-refractivity contribution in [2.45, 2.75) is 51.5 Å². The minimum Gasteiger partial charge on any atom is -0.492 e. The van der Waals surface area contributed by atoms with Gasteiger partial charge in [0.1, 0.15) is 12.3 Å². The Bertz CT molecular complexity index is 1360. The number of nitrogens with one attached hydrogen (secondary N) is 1. The van der Waals surface area contributed by atoms with Gasteiger partial charge in [0.15, 0.2) is 0 Å². The Kier molecular flexibility index (Phi) is 9.17. The molecule has 2 unspecified atom stereocenters. The molecule has 0 bridgehead atoms. The second kappa shape index (κ2) is 12.6. The Hall–Kier alpha value is -3.52. The molecule has 0 saturated carbocycles. The second-order valence-corrected chi connectivity index (χ2v) is 12.2. The number of rotatable bonds is 10. The molecule has 1 N–H and O–H groups in total. The van der Waals surface area contributed by atoms with Gasteiger partial charge in [-0.25, -0.2) is 8.42 Å². The number of hydrogen-bond donors (Lipinski definition) is 1. The molecule has 208 valence electrons.